The number of nitrogens with two attached hydrogens (primary N) is 5. The predicted octanol–water partition coefficient (Wildman–Crippen LogP) is -1.99. The Kier molecular flexibility index (Phi) is 63.8. The van der Waals surface area contributed by atoms with Crippen LogP contribution in [-0.2, 0) is 81.5 Å². The summed E-state index contributed by atoms with van der Waals surface area (Å²) in [6.45, 7) is 4.10. The van der Waals surface area contributed by atoms with Gasteiger partial charge in [0.25, 0.3) is 11.8 Å². The van der Waals surface area contributed by atoms with Crippen LogP contribution < -0.4 is 54.1 Å². The van der Waals surface area contributed by atoms with Crippen LogP contribution in [0.1, 0.15) is 106 Å². The number of aliphatic carboxylic acids is 4. The first-order chi connectivity index (χ1) is 39.1. The molecule has 1 heterocycles. The van der Waals surface area contributed by atoms with Gasteiger partial charge in [0, 0.05) is 96.1 Å². The first kappa shape index (κ1) is 88.7. The van der Waals surface area contributed by atoms with Crippen LogP contribution in [0.25, 0.3) is 0 Å². The molecule has 0 aliphatic carbocycles. The molecule has 33 nitrogen and oxygen atoms in total. The summed E-state index contributed by atoms with van der Waals surface area (Å²) in [6.07, 6.45) is 0.0473. The number of imide groups is 1. The maximum absolute atomic E-state index is 11.6. The Balaban J connectivity index is -0.000000170. The predicted molar refractivity (Wildman–Crippen MR) is 312 cm³/mol. The number of hydroxylamine groups is 2. The number of hydrogen-bond donors (Lipinski definition) is 19. The summed E-state index contributed by atoms with van der Waals surface area (Å²) in [7, 11) is -1.00. The molecule has 1 fully saturated rings. The lowest BCUT2D eigenvalue weighted by molar-refractivity contribution is -0.171. The quantitative estimate of drug-likeness (QED) is 0.00962. The molecule has 20 N–H and O–H groups in total. The Labute approximate surface area is 511 Å². The van der Waals surface area contributed by atoms with Crippen molar-refractivity contribution in [1.82, 2.24) is 30.1 Å². The van der Waals surface area contributed by atoms with E-state index in [1.165, 1.54) is 20.8 Å². The summed E-state index contributed by atoms with van der Waals surface area (Å²) in [4.78, 5) is 182. The Morgan fingerprint density at radius 3 is 1.24 bits per heavy atom. The Morgan fingerprint density at radius 2 is 0.928 bits per heavy atom. The fraction of sp³-hybridized carbons (Fsp3) is 0.595. The molecule has 1 rings (SSSR count). The number of amides is 7. The van der Waals surface area contributed by atoms with E-state index in [1.54, 1.807) is 0 Å². The number of nitrogens with one attached hydrogen (secondary N) is 5. The lowest BCUT2D eigenvalue weighted by atomic mass is 9.96. The van der Waals surface area contributed by atoms with Crippen LogP contribution in [0.15, 0.2) is 0 Å². The van der Waals surface area contributed by atoms with Gasteiger partial charge in [-0.2, -0.15) is 17.7 Å². The van der Waals surface area contributed by atoms with Crippen LogP contribution >= 0.6 is 86.4 Å². The first-order valence-corrected chi connectivity index (χ1v) is 27.8. The largest absolute Gasteiger partial charge is 0.481 e. The van der Waals surface area contributed by atoms with E-state index in [4.69, 9.17) is 44.4 Å². The number of hydrogen-bond acceptors (Lipinski definition) is 30. The molecule has 4 unspecified atom stereocenters. The zero-order chi connectivity index (χ0) is 67.1. The van der Waals surface area contributed by atoms with Crippen molar-refractivity contribution in [2.45, 2.75) is 110 Å². The molecule has 1 aliphatic rings. The average molecular weight is 1330 g/mol. The van der Waals surface area contributed by atoms with E-state index in [2.05, 4.69) is 76.9 Å². The van der Waals surface area contributed by atoms with Gasteiger partial charge in [-0.1, -0.05) is 73.7 Å². The van der Waals surface area contributed by atoms with E-state index in [0.717, 1.165) is 35.3 Å². The number of rotatable bonds is 29. The van der Waals surface area contributed by atoms with E-state index < -0.39 is 84.4 Å². The van der Waals surface area contributed by atoms with E-state index >= 15 is 0 Å². The molecule has 0 saturated carbocycles. The number of halogens is 1. The molecule has 0 aromatic carbocycles. The number of Topliss-reactive ketones (excluding diaryl/α,β-unsaturated/α-hetero) is 3. The van der Waals surface area contributed by atoms with Gasteiger partial charge in [-0.3, -0.25) is 114 Å². The molecule has 83 heavy (non-hydrogen) atoms. The number of carboxylic acids is 4. The average Bonchev–Trinajstić information content (AvgIpc) is 3.74. The normalized spacial score (nSPS) is 12.0. The molecule has 1 aliphatic heterocycles. The summed E-state index contributed by atoms with van der Waals surface area (Å²) < 4.78 is 21.9. The molecule has 41 heteroatoms. The minimum Gasteiger partial charge on any atom is -0.481 e. The minimum atomic E-state index is -1.19. The Hall–Kier alpha value is -5.47. The first-order valence-electron chi connectivity index (χ1n) is 23.6. The second kappa shape index (κ2) is 59.7. The van der Waals surface area contributed by atoms with Gasteiger partial charge in [-0.25, -0.2) is 11.7 Å². The molecule has 0 aromatic rings. The number of thiol groups is 4. The van der Waals surface area contributed by atoms with E-state index in [1.807, 2.05) is 10.9 Å². The fourth-order valence-corrected chi connectivity index (χ4v) is 6.73. The van der Waals surface area contributed by atoms with Gasteiger partial charge in [0.05, 0.1) is 31.7 Å². The zero-order valence-electron chi connectivity index (χ0n) is 45.9. The number of nitrogens with zero attached hydrogens (tertiary/aromatic N) is 1. The molecule has 4 atom stereocenters. The molecule has 0 bridgehead atoms. The maximum Gasteiger partial charge on any atom is 0.320 e. The smallest absolute Gasteiger partial charge is 0.320 e. The third-order valence-electron chi connectivity index (χ3n) is 8.79. The van der Waals surface area contributed by atoms with Crippen LogP contribution in [0.5, 0.6) is 0 Å². The van der Waals surface area contributed by atoms with Crippen molar-refractivity contribution in [1.29, 1.82) is 0 Å². The van der Waals surface area contributed by atoms with Crippen molar-refractivity contribution < 1.29 is 113 Å². The summed E-state index contributed by atoms with van der Waals surface area (Å²) in [5.41, 5.74) is 8.90. The zero-order valence-corrected chi connectivity index (χ0v) is 51.0. The summed E-state index contributed by atoms with van der Waals surface area (Å²) in [5, 5.41) is 41.6. The molecular weight excluding hydrogens is 1250 g/mol. The van der Waals surface area contributed by atoms with Gasteiger partial charge in [0.2, 0.25) is 29.5 Å². The highest BCUT2D eigenvalue weighted by molar-refractivity contribution is 8.14. The van der Waals surface area contributed by atoms with Crippen molar-refractivity contribution in [3.63, 3.8) is 0 Å². The fourth-order valence-electron chi connectivity index (χ4n) is 4.75. The number of ketones is 3. The van der Waals surface area contributed by atoms with Crippen molar-refractivity contribution in [2.75, 3.05) is 30.2 Å². The van der Waals surface area contributed by atoms with Crippen LogP contribution in [0, 0.1) is 17.8 Å². The number of carbonyl (C=O) groups is 17. The SMILES string of the molecule is CC(=O)SCC(=O)CC(CCC(=O)NS)C(=O)NS.CC(=O)SCC(=O)CC(CCC(=O)O)C(=O)O.CC(=O)SCC(=O)NS.NC(CCC(=O)O)C(=O)O.NN.NNC(=O)CCC(CC(=O)CS)C(=O)NN.O=C1CCC(=O)N1O.[2H]CF. The molecule has 7 amide bonds. The number of alkyl halides is 1. The van der Waals surface area contributed by atoms with E-state index in [-0.39, 0.29) is 156 Å². The van der Waals surface area contributed by atoms with Crippen LogP contribution in [-0.4, -0.2) is 165 Å². The van der Waals surface area contributed by atoms with Crippen LogP contribution in [0.2, 0.25) is 0 Å². The topological polar surface area (TPSA) is 585 Å². The van der Waals surface area contributed by atoms with Gasteiger partial charge in [-0.15, -0.1) is 0 Å². The molecule has 0 spiro atoms. The summed E-state index contributed by atoms with van der Waals surface area (Å²) >= 11 is 17.2. The van der Waals surface area contributed by atoms with Crippen LogP contribution in [0.3, 0.4) is 0 Å². The summed E-state index contributed by atoms with van der Waals surface area (Å²) in [6, 6.07) is -1.06. The van der Waals surface area contributed by atoms with Crippen molar-refractivity contribution in [2.24, 2.45) is 46.9 Å². The monoisotopic (exact) mass is 1330 g/mol. The highest BCUT2D eigenvalue weighted by Crippen LogP contribution is 2.17. The van der Waals surface area contributed by atoms with Crippen molar-refractivity contribution in [3.8, 4) is 0 Å². The van der Waals surface area contributed by atoms with Crippen LogP contribution in [0.4, 0.5) is 4.39 Å². The minimum absolute atomic E-state index is 0.0182. The third kappa shape index (κ3) is 62.4. The maximum atomic E-state index is 11.6. The van der Waals surface area contributed by atoms with E-state index in [9.17, 15) is 85.9 Å². The molecule has 0 radical (unpaired) electrons. The van der Waals surface area contributed by atoms with Gasteiger partial charge >= 0.3 is 23.9 Å². The van der Waals surface area contributed by atoms with Gasteiger partial charge in [0.15, 0.2) is 15.3 Å². The number of thioether (sulfide) groups is 3. The lowest BCUT2D eigenvalue weighted by Gasteiger charge is -2.13. The second-order valence-corrected chi connectivity index (χ2v) is 19.7. The molecular formula is C42H74FN11O22S7. The number of hydrazine groups is 3. The van der Waals surface area contributed by atoms with Gasteiger partial charge < -0.3 is 40.3 Å². The van der Waals surface area contributed by atoms with Crippen molar-refractivity contribution >= 4 is 184 Å². The Bertz CT molecular complexity index is 2120. The van der Waals surface area contributed by atoms with E-state index in [0.29, 0.717) is 0 Å². The molecule has 1 saturated heterocycles. The highest BCUT2D eigenvalue weighted by Gasteiger charge is 2.27. The lowest BCUT2D eigenvalue weighted by Crippen LogP contribution is -2.38. The number of carboxylic acid groups (broad SMARTS) is 4. The molecule has 478 valence electrons. The Morgan fingerprint density at radius 1 is 0.566 bits per heavy atom. The summed E-state index contributed by atoms with van der Waals surface area (Å²) in [5.74, 6) is 7.68. The third-order valence-corrected chi connectivity index (χ3v) is 12.4. The van der Waals surface area contributed by atoms with Crippen molar-refractivity contribution in [3.05, 3.63) is 0 Å². The standard InChI is InChI=1S/C10H16N2O4S3.C10H14O6S.C8H16N4O3S.C5H9NO4.C4H5NO3.C4H7NO2S2.CH3F.H4N2/c1-6(13)19-5-8(14)4-7(10(16)12-18)2-3-9(15)11-17;1-6(11)17-5-8(12)4-7(10(15)16)2-3-9(13)14;9-11-7(14)2-1-5(8(15)12-10)3-6(13)4-16;6-3(5(9)10)1-2-4(7)8;6-3-1-2-4(7)5(3)8;1-3(6)9-2-4(7)5-8;2*1-2/h7,17-18H,2-5H2,1H3,(H,11,15)(H,12,16);7H,2-5H2,1H3,(H,13,14)(H,15,16);5,16H,1-4,9-10H2,(H,11,14)(H,12,15);3H,1-2,6H2,(H,7,8)(H,9,10);8H,1-2H2;8H,2H2,1H3,(H,5,7);1H3;1-2H2/i;;;;;;1D;. The number of carbonyl (C=O) groups excluding carboxylic acids is 13. The highest BCUT2D eigenvalue weighted by atomic mass is 32.2. The second-order valence-electron chi connectivity index (χ2n) is 15.3. The van der Waals surface area contributed by atoms with Gasteiger partial charge in [0.1, 0.15) is 23.4 Å². The van der Waals surface area contributed by atoms with Gasteiger partial charge in [-0.05, 0) is 25.7 Å². The molecule has 0 aromatic heterocycles.